The quantitative estimate of drug-likeness (QED) is 0.400. The molecule has 2 aromatic heterocycles. The van der Waals surface area contributed by atoms with Crippen molar-refractivity contribution in [2.45, 2.75) is 73.0 Å². The molecule has 0 spiro atoms. The predicted molar refractivity (Wildman–Crippen MR) is 134 cm³/mol. The van der Waals surface area contributed by atoms with E-state index >= 15 is 0 Å². The van der Waals surface area contributed by atoms with Crippen LogP contribution in [-0.2, 0) is 19.0 Å². The number of piperidine rings is 1. The lowest BCUT2D eigenvalue weighted by Gasteiger charge is -2.40. The fourth-order valence-electron chi connectivity index (χ4n) is 4.26. The van der Waals surface area contributed by atoms with Crippen molar-refractivity contribution in [1.82, 2.24) is 14.6 Å². The minimum atomic E-state index is -1.01. The lowest BCUT2D eigenvalue weighted by atomic mass is 9.80. The number of hydrogen-bond donors (Lipinski definition) is 0. The third kappa shape index (κ3) is 5.83. The highest BCUT2D eigenvalue weighted by molar-refractivity contribution is 5.89. The standard InChI is InChI=1S/C26H38N4O5/c1-9-26(8)12-14-29(15-13-26)22-20(21(24(32)34-11-3)35-25(5,6)7)17(4)27-19-16-18(28-30(19)22)23(31)33-10-2/h9,16,21H,1,10-15H2,2-8H3/t21-/m0/s1. The van der Waals surface area contributed by atoms with Crippen LogP contribution in [0.2, 0.25) is 0 Å². The maximum atomic E-state index is 13.2. The smallest absolute Gasteiger partial charge is 0.358 e. The van der Waals surface area contributed by atoms with Crippen LogP contribution in [0.15, 0.2) is 18.7 Å². The van der Waals surface area contributed by atoms with Crippen molar-refractivity contribution in [3.05, 3.63) is 35.7 Å². The molecule has 2 aromatic rings. The molecule has 1 aliphatic heterocycles. The molecule has 0 unspecified atom stereocenters. The van der Waals surface area contributed by atoms with Gasteiger partial charge in [0.15, 0.2) is 17.4 Å². The molecule has 0 radical (unpaired) electrons. The topological polar surface area (TPSA) is 95.3 Å². The van der Waals surface area contributed by atoms with Crippen LogP contribution >= 0.6 is 0 Å². The third-order valence-corrected chi connectivity index (χ3v) is 6.22. The first-order valence-electron chi connectivity index (χ1n) is 12.2. The monoisotopic (exact) mass is 486 g/mol. The minimum Gasteiger partial charge on any atom is -0.464 e. The predicted octanol–water partition coefficient (Wildman–Crippen LogP) is 4.43. The van der Waals surface area contributed by atoms with Crippen molar-refractivity contribution in [2.24, 2.45) is 5.41 Å². The van der Waals surface area contributed by atoms with E-state index in [9.17, 15) is 9.59 Å². The van der Waals surface area contributed by atoms with Crippen LogP contribution in [0.3, 0.4) is 0 Å². The summed E-state index contributed by atoms with van der Waals surface area (Å²) in [5, 5.41) is 4.56. The molecule has 1 fully saturated rings. The molecule has 192 valence electrons. The highest BCUT2D eigenvalue weighted by atomic mass is 16.6. The number of fused-ring (bicyclic) bond motifs is 1. The van der Waals surface area contributed by atoms with E-state index in [1.807, 2.05) is 33.8 Å². The molecule has 0 saturated carbocycles. The average Bonchev–Trinajstić information content (AvgIpc) is 3.21. The van der Waals surface area contributed by atoms with Crippen molar-refractivity contribution in [3.8, 4) is 0 Å². The van der Waals surface area contributed by atoms with Crippen LogP contribution in [-0.4, -0.2) is 58.4 Å². The number of allylic oxidation sites excluding steroid dienone is 1. The van der Waals surface area contributed by atoms with E-state index in [0.717, 1.165) is 12.8 Å². The molecule has 1 atom stereocenters. The highest BCUT2D eigenvalue weighted by Crippen LogP contribution is 2.39. The number of carbonyl (C=O) groups excluding carboxylic acids is 2. The van der Waals surface area contributed by atoms with E-state index in [1.54, 1.807) is 24.4 Å². The van der Waals surface area contributed by atoms with Crippen molar-refractivity contribution in [3.63, 3.8) is 0 Å². The van der Waals surface area contributed by atoms with E-state index < -0.39 is 23.6 Å². The molecule has 35 heavy (non-hydrogen) atoms. The van der Waals surface area contributed by atoms with Crippen molar-refractivity contribution < 1.29 is 23.8 Å². The second-order valence-electron chi connectivity index (χ2n) is 10.2. The summed E-state index contributed by atoms with van der Waals surface area (Å²) in [6.07, 6.45) is 2.77. The summed E-state index contributed by atoms with van der Waals surface area (Å²) in [6, 6.07) is 1.61. The number of hydrogen-bond acceptors (Lipinski definition) is 8. The number of rotatable bonds is 8. The van der Waals surface area contributed by atoms with Gasteiger partial charge in [0.1, 0.15) is 5.82 Å². The van der Waals surface area contributed by atoms with E-state index in [0.29, 0.717) is 35.8 Å². The molecule has 0 amide bonds. The largest absolute Gasteiger partial charge is 0.464 e. The van der Waals surface area contributed by atoms with Crippen LogP contribution in [0.4, 0.5) is 5.82 Å². The lowest BCUT2D eigenvalue weighted by Crippen LogP contribution is -2.40. The van der Waals surface area contributed by atoms with Crippen LogP contribution in [0.25, 0.3) is 5.65 Å². The summed E-state index contributed by atoms with van der Waals surface area (Å²) >= 11 is 0. The second kappa shape index (κ2) is 10.4. The van der Waals surface area contributed by atoms with Gasteiger partial charge in [0.2, 0.25) is 0 Å². The maximum absolute atomic E-state index is 13.2. The number of aryl methyl sites for hydroxylation is 1. The summed E-state index contributed by atoms with van der Waals surface area (Å²) in [7, 11) is 0. The van der Waals surface area contributed by atoms with Gasteiger partial charge in [-0.25, -0.2) is 14.6 Å². The van der Waals surface area contributed by atoms with Gasteiger partial charge < -0.3 is 19.1 Å². The molecule has 9 heteroatoms. The summed E-state index contributed by atoms with van der Waals surface area (Å²) in [6.45, 7) is 19.1. The highest BCUT2D eigenvalue weighted by Gasteiger charge is 2.37. The first-order valence-corrected chi connectivity index (χ1v) is 12.2. The normalized spacial score (nSPS) is 16.7. The summed E-state index contributed by atoms with van der Waals surface area (Å²) in [5.41, 5.74) is 1.27. The molecular formula is C26H38N4O5. The number of esters is 2. The summed E-state index contributed by atoms with van der Waals surface area (Å²) < 4.78 is 18.5. The van der Waals surface area contributed by atoms with E-state index in [1.165, 1.54) is 0 Å². The Balaban J connectivity index is 2.24. The molecule has 0 aliphatic carbocycles. The molecule has 0 N–H and O–H groups in total. The van der Waals surface area contributed by atoms with Gasteiger partial charge in [-0.15, -0.1) is 6.58 Å². The van der Waals surface area contributed by atoms with Gasteiger partial charge in [0.25, 0.3) is 0 Å². The van der Waals surface area contributed by atoms with Crippen LogP contribution in [0, 0.1) is 12.3 Å². The van der Waals surface area contributed by atoms with Gasteiger partial charge in [-0.3, -0.25) is 0 Å². The fraction of sp³-hybridized carbons (Fsp3) is 0.615. The van der Waals surface area contributed by atoms with Gasteiger partial charge in [-0.05, 0) is 59.8 Å². The van der Waals surface area contributed by atoms with Gasteiger partial charge in [0.05, 0.1) is 24.4 Å². The van der Waals surface area contributed by atoms with Crippen LogP contribution in [0.5, 0.6) is 0 Å². The Morgan fingerprint density at radius 3 is 2.37 bits per heavy atom. The van der Waals surface area contributed by atoms with Crippen molar-refractivity contribution >= 4 is 23.4 Å². The SMILES string of the molecule is C=CC1(C)CCN(c2c([C@H](OC(C)(C)C)C(=O)OCC)c(C)nc3cc(C(=O)OCC)nn23)CC1. The Labute approximate surface area is 207 Å². The minimum absolute atomic E-state index is 0.0283. The summed E-state index contributed by atoms with van der Waals surface area (Å²) in [5.74, 6) is -0.330. The maximum Gasteiger partial charge on any atom is 0.358 e. The van der Waals surface area contributed by atoms with Crippen molar-refractivity contribution in [1.29, 1.82) is 0 Å². The molecule has 1 aliphatic rings. The Morgan fingerprint density at radius 2 is 1.83 bits per heavy atom. The average molecular weight is 487 g/mol. The molecular weight excluding hydrogens is 448 g/mol. The van der Waals surface area contributed by atoms with E-state index in [4.69, 9.17) is 19.2 Å². The second-order valence-corrected chi connectivity index (χ2v) is 10.2. The molecule has 3 rings (SSSR count). The van der Waals surface area contributed by atoms with E-state index in [-0.39, 0.29) is 24.3 Å². The number of nitrogens with zero attached hydrogens (tertiary/aromatic N) is 4. The van der Waals surface area contributed by atoms with Gasteiger partial charge in [-0.2, -0.15) is 9.61 Å². The van der Waals surface area contributed by atoms with E-state index in [2.05, 4.69) is 23.5 Å². The first kappa shape index (κ1) is 26.7. The third-order valence-electron chi connectivity index (χ3n) is 6.22. The molecule has 1 saturated heterocycles. The van der Waals surface area contributed by atoms with Crippen LogP contribution < -0.4 is 4.90 Å². The van der Waals surface area contributed by atoms with Gasteiger partial charge >= 0.3 is 11.9 Å². The van der Waals surface area contributed by atoms with Gasteiger partial charge in [-0.1, -0.05) is 13.0 Å². The fourth-order valence-corrected chi connectivity index (χ4v) is 4.26. The van der Waals surface area contributed by atoms with Crippen molar-refractivity contribution in [2.75, 3.05) is 31.2 Å². The molecule has 0 bridgehead atoms. The Hall–Kier alpha value is -2.94. The van der Waals surface area contributed by atoms with Crippen LogP contribution in [0.1, 0.15) is 82.2 Å². The summed E-state index contributed by atoms with van der Waals surface area (Å²) in [4.78, 5) is 32.5. The Bertz CT molecular complexity index is 1090. The number of anilines is 1. The zero-order valence-corrected chi connectivity index (χ0v) is 22.0. The zero-order valence-electron chi connectivity index (χ0n) is 22.0. The first-order chi connectivity index (χ1) is 16.4. The Kier molecular flexibility index (Phi) is 7.89. The zero-order chi connectivity index (χ0) is 26.0. The number of carbonyl (C=O) groups is 2. The number of ether oxygens (including phenoxy) is 3. The van der Waals surface area contributed by atoms with Gasteiger partial charge in [0, 0.05) is 24.8 Å². The lowest BCUT2D eigenvalue weighted by molar-refractivity contribution is -0.166. The number of aromatic nitrogens is 3. The molecule has 0 aromatic carbocycles. The molecule has 3 heterocycles. The Morgan fingerprint density at radius 1 is 1.20 bits per heavy atom. The molecule has 9 nitrogen and oxygen atoms in total.